The molecule has 0 unspecified atom stereocenters. The lowest BCUT2D eigenvalue weighted by molar-refractivity contribution is 0.294. The summed E-state index contributed by atoms with van der Waals surface area (Å²) in [5.41, 5.74) is 1.23. The molecule has 1 heterocycles. The molecule has 0 aliphatic rings. The topological polar surface area (TPSA) is 65.7 Å². The Kier molecular flexibility index (Phi) is 5.09. The number of hydrogen-bond donors (Lipinski definition) is 0. The van der Waals surface area contributed by atoms with Crippen molar-refractivity contribution in [2.75, 3.05) is 13.7 Å². The molecule has 0 saturated heterocycles. The third kappa shape index (κ3) is 3.68. The molecule has 0 radical (unpaired) electrons. The van der Waals surface area contributed by atoms with E-state index < -0.39 is 0 Å². The fourth-order valence-corrected chi connectivity index (χ4v) is 2.37. The first-order valence-electron chi connectivity index (χ1n) is 8.04. The summed E-state index contributed by atoms with van der Waals surface area (Å²) in [5, 5.41) is 4.74. The van der Waals surface area contributed by atoms with Crippen LogP contribution in [0, 0.1) is 0 Å². The van der Waals surface area contributed by atoms with Crippen LogP contribution >= 0.6 is 0 Å². The number of rotatable bonds is 6. The van der Waals surface area contributed by atoms with Crippen LogP contribution in [-0.2, 0) is 0 Å². The fraction of sp³-hybridized carbons (Fsp3) is 0.211. The zero-order valence-electron chi connectivity index (χ0n) is 14.2. The molecule has 0 saturated carbocycles. The predicted octanol–water partition coefficient (Wildman–Crippen LogP) is 3.08. The molecule has 0 atom stereocenters. The minimum Gasteiger partial charge on any atom is -0.493 e. The van der Waals surface area contributed by atoms with Crippen LogP contribution in [0.4, 0.5) is 0 Å². The molecule has 6 nitrogen and oxygen atoms in total. The van der Waals surface area contributed by atoms with Crippen LogP contribution in [0.1, 0.15) is 18.9 Å². The largest absolute Gasteiger partial charge is 0.493 e. The van der Waals surface area contributed by atoms with Crippen molar-refractivity contribution in [2.24, 2.45) is 5.10 Å². The smallest absolute Gasteiger partial charge is 0.281 e. The second-order valence-corrected chi connectivity index (χ2v) is 5.41. The van der Waals surface area contributed by atoms with E-state index >= 15 is 0 Å². The summed E-state index contributed by atoms with van der Waals surface area (Å²) in [7, 11) is 1.59. The predicted molar refractivity (Wildman–Crippen MR) is 97.8 cm³/mol. The van der Waals surface area contributed by atoms with E-state index in [2.05, 4.69) is 10.1 Å². The van der Waals surface area contributed by atoms with Crippen molar-refractivity contribution in [3.8, 4) is 11.5 Å². The highest BCUT2D eigenvalue weighted by Gasteiger charge is 2.05. The van der Waals surface area contributed by atoms with Crippen LogP contribution in [0.2, 0.25) is 0 Å². The van der Waals surface area contributed by atoms with Gasteiger partial charge in [0, 0.05) is 0 Å². The Morgan fingerprint density at radius 1 is 1.20 bits per heavy atom. The van der Waals surface area contributed by atoms with Crippen molar-refractivity contribution in [3.05, 3.63) is 64.7 Å². The number of benzene rings is 2. The third-order valence-corrected chi connectivity index (χ3v) is 3.63. The Bertz CT molecular complexity index is 964. The van der Waals surface area contributed by atoms with E-state index in [4.69, 9.17) is 9.47 Å². The minimum atomic E-state index is -0.211. The Hall–Kier alpha value is -3.15. The van der Waals surface area contributed by atoms with Gasteiger partial charge in [0.05, 0.1) is 30.8 Å². The summed E-state index contributed by atoms with van der Waals surface area (Å²) < 4.78 is 12.2. The van der Waals surface area contributed by atoms with Crippen LogP contribution in [-0.4, -0.2) is 29.6 Å². The van der Waals surface area contributed by atoms with Crippen molar-refractivity contribution < 1.29 is 9.47 Å². The Morgan fingerprint density at radius 3 is 2.84 bits per heavy atom. The second kappa shape index (κ2) is 7.61. The lowest BCUT2D eigenvalue weighted by atomic mass is 10.2. The van der Waals surface area contributed by atoms with E-state index in [-0.39, 0.29) is 5.56 Å². The van der Waals surface area contributed by atoms with Gasteiger partial charge in [0.2, 0.25) is 0 Å². The maximum atomic E-state index is 12.4. The lowest BCUT2D eigenvalue weighted by Crippen LogP contribution is -2.16. The quantitative estimate of drug-likeness (QED) is 0.648. The van der Waals surface area contributed by atoms with Crippen molar-refractivity contribution in [2.45, 2.75) is 13.3 Å². The number of para-hydroxylation sites is 1. The first kappa shape index (κ1) is 16.7. The van der Waals surface area contributed by atoms with Crippen LogP contribution in [0.25, 0.3) is 10.9 Å². The molecule has 25 heavy (non-hydrogen) atoms. The maximum absolute atomic E-state index is 12.4. The molecule has 0 aliphatic carbocycles. The van der Waals surface area contributed by atoms with Gasteiger partial charge in [0.25, 0.3) is 5.56 Å². The van der Waals surface area contributed by atoms with Crippen molar-refractivity contribution in [3.63, 3.8) is 0 Å². The van der Waals surface area contributed by atoms with E-state index in [1.165, 1.54) is 11.0 Å². The highest BCUT2D eigenvalue weighted by molar-refractivity contribution is 5.81. The highest BCUT2D eigenvalue weighted by Crippen LogP contribution is 2.27. The van der Waals surface area contributed by atoms with E-state index in [1.807, 2.05) is 31.2 Å². The van der Waals surface area contributed by atoms with E-state index in [0.29, 0.717) is 29.0 Å². The van der Waals surface area contributed by atoms with Crippen molar-refractivity contribution in [1.29, 1.82) is 0 Å². The summed E-state index contributed by atoms with van der Waals surface area (Å²) in [4.78, 5) is 16.7. The lowest BCUT2D eigenvalue weighted by Gasteiger charge is -2.10. The summed E-state index contributed by atoms with van der Waals surface area (Å²) in [6.45, 7) is 2.67. The fourth-order valence-electron chi connectivity index (χ4n) is 2.37. The monoisotopic (exact) mass is 337 g/mol. The van der Waals surface area contributed by atoms with Crippen LogP contribution < -0.4 is 15.0 Å². The number of fused-ring (bicyclic) bond motifs is 1. The molecule has 3 aromatic rings. The molecule has 0 aliphatic heterocycles. The van der Waals surface area contributed by atoms with E-state index in [9.17, 15) is 4.79 Å². The van der Waals surface area contributed by atoms with Gasteiger partial charge in [-0.2, -0.15) is 9.78 Å². The maximum Gasteiger partial charge on any atom is 0.281 e. The number of nitrogens with zero attached hydrogens (tertiary/aromatic N) is 3. The van der Waals surface area contributed by atoms with Gasteiger partial charge in [-0.15, -0.1) is 0 Å². The Morgan fingerprint density at radius 2 is 2.04 bits per heavy atom. The number of methoxy groups -OCH3 is 1. The zero-order chi connectivity index (χ0) is 17.6. The highest BCUT2D eigenvalue weighted by atomic mass is 16.5. The summed E-state index contributed by atoms with van der Waals surface area (Å²) >= 11 is 0. The Balaban J connectivity index is 1.89. The molecule has 0 amide bonds. The van der Waals surface area contributed by atoms with Crippen molar-refractivity contribution in [1.82, 2.24) is 9.66 Å². The van der Waals surface area contributed by atoms with E-state index in [1.54, 1.807) is 31.5 Å². The van der Waals surface area contributed by atoms with Crippen molar-refractivity contribution >= 4 is 17.1 Å². The van der Waals surface area contributed by atoms with Gasteiger partial charge < -0.3 is 9.47 Å². The van der Waals surface area contributed by atoms with Gasteiger partial charge in [-0.05, 0) is 42.3 Å². The number of ether oxygens (including phenoxy) is 2. The van der Waals surface area contributed by atoms with Gasteiger partial charge in [-0.1, -0.05) is 19.1 Å². The molecule has 2 aromatic carbocycles. The molecule has 0 bridgehead atoms. The van der Waals surface area contributed by atoms with Gasteiger partial charge in [0.15, 0.2) is 11.5 Å². The molecule has 0 fully saturated rings. The normalized spacial score (nSPS) is 11.1. The molecule has 0 N–H and O–H groups in total. The molecule has 1 aromatic heterocycles. The second-order valence-electron chi connectivity index (χ2n) is 5.41. The average molecular weight is 337 g/mol. The molecule has 128 valence electrons. The van der Waals surface area contributed by atoms with Gasteiger partial charge in [0.1, 0.15) is 6.33 Å². The van der Waals surface area contributed by atoms with Crippen LogP contribution in [0.5, 0.6) is 11.5 Å². The standard InChI is InChI=1S/C19H19N3O3/c1-3-10-25-17-9-8-14(11-18(17)24-2)12-21-22-13-20-16-7-5-4-6-15(16)19(22)23/h4-9,11-13H,3,10H2,1-2H3/b21-12+. The minimum absolute atomic E-state index is 0.211. The van der Waals surface area contributed by atoms with Crippen LogP contribution in [0.15, 0.2) is 58.7 Å². The van der Waals surface area contributed by atoms with Gasteiger partial charge >= 0.3 is 0 Å². The van der Waals surface area contributed by atoms with E-state index in [0.717, 1.165) is 12.0 Å². The molecule has 3 rings (SSSR count). The summed E-state index contributed by atoms with van der Waals surface area (Å²) in [6, 6.07) is 12.7. The third-order valence-electron chi connectivity index (χ3n) is 3.63. The van der Waals surface area contributed by atoms with Gasteiger partial charge in [-0.3, -0.25) is 4.79 Å². The molecular weight excluding hydrogens is 318 g/mol. The number of hydrogen-bond acceptors (Lipinski definition) is 5. The van der Waals surface area contributed by atoms with Crippen LogP contribution in [0.3, 0.4) is 0 Å². The first-order chi connectivity index (χ1) is 12.2. The molecular formula is C19H19N3O3. The summed E-state index contributed by atoms with van der Waals surface area (Å²) in [5.74, 6) is 1.31. The number of aromatic nitrogens is 2. The first-order valence-corrected chi connectivity index (χ1v) is 8.04. The average Bonchev–Trinajstić information content (AvgIpc) is 2.66. The zero-order valence-corrected chi connectivity index (χ0v) is 14.2. The SMILES string of the molecule is CCCOc1ccc(/C=N/n2cnc3ccccc3c2=O)cc1OC. The Labute approximate surface area is 145 Å². The molecule has 0 spiro atoms. The van der Waals surface area contributed by atoms with Gasteiger partial charge in [-0.25, -0.2) is 4.98 Å². The molecule has 6 heteroatoms. The summed E-state index contributed by atoms with van der Waals surface area (Å²) in [6.07, 6.45) is 3.92.